The van der Waals surface area contributed by atoms with Gasteiger partial charge in [0.2, 0.25) is 0 Å². The first-order valence-corrected chi connectivity index (χ1v) is 8.93. The Morgan fingerprint density at radius 2 is 1.85 bits per heavy atom. The molecule has 0 saturated heterocycles. The van der Waals surface area contributed by atoms with Crippen molar-refractivity contribution in [2.75, 3.05) is 11.4 Å². The van der Waals surface area contributed by atoms with E-state index >= 15 is 0 Å². The van der Waals surface area contributed by atoms with Gasteiger partial charge in [-0.3, -0.25) is 0 Å². The van der Waals surface area contributed by atoms with Crippen LogP contribution in [0.4, 0.5) is 18.9 Å². The lowest BCUT2D eigenvalue weighted by Crippen LogP contribution is -2.30. The van der Waals surface area contributed by atoms with Gasteiger partial charge in [-0.25, -0.2) is 0 Å². The van der Waals surface area contributed by atoms with Crippen molar-refractivity contribution in [3.05, 3.63) is 64.7 Å². The molecule has 2 aliphatic rings. The Morgan fingerprint density at radius 1 is 1.08 bits per heavy atom. The molecular formula is C21H19F3N2. The summed E-state index contributed by atoms with van der Waals surface area (Å²) in [5, 5.41) is 9.04. The number of fused-ring (bicyclic) bond motifs is 1. The number of hydrogen-bond acceptors (Lipinski definition) is 2. The van der Waals surface area contributed by atoms with Gasteiger partial charge in [-0.15, -0.1) is 0 Å². The van der Waals surface area contributed by atoms with E-state index in [1.54, 1.807) is 12.1 Å². The van der Waals surface area contributed by atoms with Gasteiger partial charge >= 0.3 is 6.18 Å². The Hall–Kier alpha value is -2.48. The summed E-state index contributed by atoms with van der Waals surface area (Å²) in [5.74, 6) is 0.549. The highest BCUT2D eigenvalue weighted by Crippen LogP contribution is 2.43. The monoisotopic (exact) mass is 356 g/mol. The summed E-state index contributed by atoms with van der Waals surface area (Å²) in [5.41, 5.74) is 1.89. The smallest absolute Gasteiger partial charge is 0.364 e. The van der Waals surface area contributed by atoms with E-state index in [1.165, 1.54) is 17.2 Å². The summed E-state index contributed by atoms with van der Waals surface area (Å²) in [4.78, 5) is 2.12. The maximum absolute atomic E-state index is 13.4. The minimum atomic E-state index is -4.53. The van der Waals surface area contributed by atoms with Crippen LogP contribution in [0.2, 0.25) is 0 Å². The molecule has 2 aromatic rings. The molecule has 1 unspecified atom stereocenters. The lowest BCUT2D eigenvalue weighted by Gasteiger charge is -2.33. The van der Waals surface area contributed by atoms with Crippen LogP contribution in [0.3, 0.4) is 0 Å². The highest BCUT2D eigenvalue weighted by molar-refractivity contribution is 5.57. The van der Waals surface area contributed by atoms with Crippen LogP contribution in [0.5, 0.6) is 0 Å². The van der Waals surface area contributed by atoms with Gasteiger partial charge < -0.3 is 4.90 Å². The Morgan fingerprint density at radius 3 is 2.54 bits per heavy atom. The zero-order valence-corrected chi connectivity index (χ0v) is 14.3. The van der Waals surface area contributed by atoms with Crippen molar-refractivity contribution < 1.29 is 13.2 Å². The molecule has 1 atom stereocenters. The SMILES string of the molecule is N#Cc1ccc(N(CC2CC2)C2CCc3ccccc32)cc1C(F)(F)F. The summed E-state index contributed by atoms with van der Waals surface area (Å²) >= 11 is 0. The highest BCUT2D eigenvalue weighted by Gasteiger charge is 2.36. The van der Waals surface area contributed by atoms with Gasteiger partial charge in [-0.1, -0.05) is 24.3 Å². The van der Waals surface area contributed by atoms with Crippen LogP contribution >= 0.6 is 0 Å². The van der Waals surface area contributed by atoms with Crippen LogP contribution in [-0.2, 0) is 12.6 Å². The molecule has 0 spiro atoms. The van der Waals surface area contributed by atoms with Crippen molar-refractivity contribution in [1.29, 1.82) is 5.26 Å². The predicted octanol–water partition coefficient (Wildman–Crippen LogP) is 5.48. The molecule has 2 nitrogen and oxygen atoms in total. The number of nitriles is 1. The third-order valence-corrected chi connectivity index (χ3v) is 5.39. The van der Waals surface area contributed by atoms with E-state index in [1.807, 2.05) is 12.1 Å². The number of anilines is 1. The molecule has 0 N–H and O–H groups in total. The molecule has 0 amide bonds. The lowest BCUT2D eigenvalue weighted by atomic mass is 10.0. The first kappa shape index (κ1) is 17.0. The molecule has 0 heterocycles. The second-order valence-corrected chi connectivity index (χ2v) is 7.19. The van der Waals surface area contributed by atoms with E-state index in [0.717, 1.165) is 38.3 Å². The van der Waals surface area contributed by atoms with Crippen molar-refractivity contribution in [3.63, 3.8) is 0 Å². The second kappa shape index (κ2) is 6.35. The molecule has 2 aromatic carbocycles. The van der Waals surface area contributed by atoms with E-state index < -0.39 is 11.7 Å². The quantitative estimate of drug-likeness (QED) is 0.725. The fourth-order valence-electron chi connectivity index (χ4n) is 3.89. The number of aryl methyl sites for hydroxylation is 1. The highest BCUT2D eigenvalue weighted by atomic mass is 19.4. The molecule has 1 saturated carbocycles. The molecule has 5 heteroatoms. The average molecular weight is 356 g/mol. The number of nitrogens with zero attached hydrogens (tertiary/aromatic N) is 2. The molecule has 2 aliphatic carbocycles. The van der Waals surface area contributed by atoms with Crippen LogP contribution in [0.15, 0.2) is 42.5 Å². The molecule has 0 aromatic heterocycles. The third-order valence-electron chi connectivity index (χ3n) is 5.39. The van der Waals surface area contributed by atoms with Crippen molar-refractivity contribution in [1.82, 2.24) is 0 Å². The first-order valence-electron chi connectivity index (χ1n) is 8.93. The Kier molecular flexibility index (Phi) is 4.14. The molecule has 0 aliphatic heterocycles. The second-order valence-electron chi connectivity index (χ2n) is 7.19. The third kappa shape index (κ3) is 3.16. The largest absolute Gasteiger partial charge is 0.417 e. The molecule has 26 heavy (non-hydrogen) atoms. The van der Waals surface area contributed by atoms with Crippen molar-refractivity contribution in [2.24, 2.45) is 5.92 Å². The normalized spacial score (nSPS) is 19.1. The molecule has 1 fully saturated rings. The van der Waals surface area contributed by atoms with E-state index in [4.69, 9.17) is 5.26 Å². The number of alkyl halides is 3. The molecule has 4 rings (SSSR count). The number of benzene rings is 2. The topological polar surface area (TPSA) is 27.0 Å². The fourth-order valence-corrected chi connectivity index (χ4v) is 3.89. The summed E-state index contributed by atoms with van der Waals surface area (Å²) in [6, 6.07) is 14.1. The van der Waals surface area contributed by atoms with Crippen molar-refractivity contribution in [2.45, 2.75) is 37.9 Å². The van der Waals surface area contributed by atoms with E-state index in [2.05, 4.69) is 17.0 Å². The number of hydrogen-bond donors (Lipinski definition) is 0. The minimum absolute atomic E-state index is 0.0980. The van der Waals surface area contributed by atoms with Gasteiger partial charge in [0.1, 0.15) is 0 Å². The van der Waals surface area contributed by atoms with Gasteiger partial charge in [-0.05, 0) is 60.9 Å². The van der Waals surface area contributed by atoms with Crippen molar-refractivity contribution >= 4 is 5.69 Å². The van der Waals surface area contributed by atoms with Gasteiger partial charge in [0.05, 0.1) is 23.2 Å². The fraction of sp³-hybridized carbons (Fsp3) is 0.381. The zero-order valence-electron chi connectivity index (χ0n) is 14.3. The Labute approximate surface area is 150 Å². The van der Waals surface area contributed by atoms with Gasteiger partial charge in [0.15, 0.2) is 0 Å². The van der Waals surface area contributed by atoms with E-state index in [-0.39, 0.29) is 11.6 Å². The van der Waals surface area contributed by atoms with E-state index in [9.17, 15) is 13.2 Å². The molecule has 134 valence electrons. The lowest BCUT2D eigenvalue weighted by molar-refractivity contribution is -0.137. The van der Waals surface area contributed by atoms with Gasteiger partial charge in [0.25, 0.3) is 0 Å². The van der Waals surface area contributed by atoms with Crippen LogP contribution < -0.4 is 4.90 Å². The summed E-state index contributed by atoms with van der Waals surface area (Å²) in [6.45, 7) is 0.766. The molecule has 0 bridgehead atoms. The summed E-state index contributed by atoms with van der Waals surface area (Å²) in [6.07, 6.45) is -0.404. The maximum Gasteiger partial charge on any atom is 0.417 e. The Bertz CT molecular complexity index is 862. The van der Waals surface area contributed by atoms with Gasteiger partial charge in [-0.2, -0.15) is 18.4 Å². The predicted molar refractivity (Wildman–Crippen MR) is 93.7 cm³/mol. The zero-order chi connectivity index (χ0) is 18.3. The molecular weight excluding hydrogens is 337 g/mol. The first-order chi connectivity index (χ1) is 12.5. The summed E-state index contributed by atoms with van der Waals surface area (Å²) in [7, 11) is 0. The maximum atomic E-state index is 13.4. The minimum Gasteiger partial charge on any atom is -0.364 e. The average Bonchev–Trinajstić information content (AvgIpc) is 3.35. The number of halogens is 3. The standard InChI is InChI=1S/C21H19F3N2/c22-21(23,24)19-11-17(9-7-16(19)12-25)26(13-14-5-6-14)20-10-8-15-3-1-2-4-18(15)20/h1-4,7,9,11,14,20H,5-6,8,10,13H2. The van der Waals surface area contributed by atoms with Crippen molar-refractivity contribution in [3.8, 4) is 6.07 Å². The molecule has 0 radical (unpaired) electrons. The summed E-state index contributed by atoms with van der Waals surface area (Å²) < 4.78 is 40.2. The Balaban J connectivity index is 1.75. The van der Waals surface area contributed by atoms with Gasteiger partial charge in [0, 0.05) is 12.2 Å². The van der Waals surface area contributed by atoms with Crippen LogP contribution in [0.25, 0.3) is 0 Å². The van der Waals surface area contributed by atoms with Crippen LogP contribution in [-0.4, -0.2) is 6.54 Å². The number of rotatable bonds is 4. The van der Waals surface area contributed by atoms with Crippen LogP contribution in [0, 0.1) is 17.2 Å². The van der Waals surface area contributed by atoms with E-state index in [0.29, 0.717) is 11.6 Å². The van der Waals surface area contributed by atoms with Crippen LogP contribution in [0.1, 0.15) is 47.6 Å².